The molecule has 0 saturated carbocycles. The molecule has 0 bridgehead atoms. The Morgan fingerprint density at radius 1 is 1.20 bits per heavy atom. The van der Waals surface area contributed by atoms with Gasteiger partial charge in [0, 0.05) is 32.7 Å². The summed E-state index contributed by atoms with van der Waals surface area (Å²) in [5.74, 6) is 0. The third-order valence-corrected chi connectivity index (χ3v) is 0. The summed E-state index contributed by atoms with van der Waals surface area (Å²) in [7, 11) is 0. The van der Waals surface area contributed by atoms with Crippen molar-refractivity contribution in [1.29, 1.82) is 0 Å². The Labute approximate surface area is 104 Å². The summed E-state index contributed by atoms with van der Waals surface area (Å²) in [6.45, 7) is 6.00. The minimum absolute atomic E-state index is 0. The molecule has 0 amide bonds. The van der Waals surface area contributed by atoms with E-state index in [0.29, 0.717) is 0 Å². The van der Waals surface area contributed by atoms with Crippen LogP contribution in [0.5, 0.6) is 0 Å². The van der Waals surface area contributed by atoms with Crippen LogP contribution in [0.1, 0.15) is 1.43 Å². The van der Waals surface area contributed by atoms with Crippen LogP contribution in [0.3, 0.4) is 0 Å². The number of rotatable bonds is 0. The van der Waals surface area contributed by atoms with Gasteiger partial charge >= 0.3 is 51.4 Å². The summed E-state index contributed by atoms with van der Waals surface area (Å²) in [4.78, 5) is 0. The molecule has 0 spiro atoms. The zero-order chi connectivity index (χ0) is 2.00. The second-order valence-corrected chi connectivity index (χ2v) is 0. The average molecular weight is 172 g/mol. The van der Waals surface area contributed by atoms with Crippen molar-refractivity contribution in [2.24, 2.45) is 0 Å². The molecule has 5 heavy (non-hydrogen) atoms. The zero-order valence-corrected chi connectivity index (χ0v) is 9.95. The molecular formula is C3H8KY-. The maximum atomic E-state index is 3.00. The van der Waals surface area contributed by atoms with Gasteiger partial charge in [0.05, 0.1) is 0 Å². The molecule has 0 aliphatic heterocycles. The van der Waals surface area contributed by atoms with Gasteiger partial charge in [-0.05, 0) is 0 Å². The first kappa shape index (κ1) is 25.9. The molecule has 0 aromatic heterocycles. The normalized spacial score (nSPS) is 0.800. The summed E-state index contributed by atoms with van der Waals surface area (Å²) in [6.07, 6.45) is 0. The van der Waals surface area contributed by atoms with Gasteiger partial charge in [-0.3, -0.25) is 0 Å². The van der Waals surface area contributed by atoms with Crippen molar-refractivity contribution in [2.75, 3.05) is 0 Å². The van der Waals surface area contributed by atoms with Gasteiger partial charge in [0.2, 0.25) is 0 Å². The Bertz CT molecular complexity index is 10.8. The first-order chi connectivity index (χ1) is 1.00. The van der Waals surface area contributed by atoms with Gasteiger partial charge in [-0.15, -0.1) is 13.2 Å². The Kier molecular flexibility index (Phi) is 164. The van der Waals surface area contributed by atoms with Crippen LogP contribution in [0.2, 0.25) is 0 Å². The smallest absolute Gasteiger partial charge is 1.00 e. The largest absolute Gasteiger partial charge is 1.00 e. The molecule has 1 radical (unpaired) electrons. The Balaban J connectivity index is -0.000000000833. The fourth-order valence-electron chi connectivity index (χ4n) is 0. The summed E-state index contributed by atoms with van der Waals surface area (Å²) < 4.78 is 0. The van der Waals surface area contributed by atoms with E-state index >= 15 is 0 Å². The first-order valence-electron chi connectivity index (χ1n) is 0.500. The standard InChI is InChI=1S/C2H4.CH3.K.Y.H/c1-2;;;;/h1-2H2;1H3;;;/q;-1;+1;;-1. The molecule has 25 valence electrons. The summed E-state index contributed by atoms with van der Waals surface area (Å²) in [5.41, 5.74) is 0. The minimum Gasteiger partial charge on any atom is -1.00 e. The van der Waals surface area contributed by atoms with Crippen LogP contribution in [0.25, 0.3) is 0 Å². The maximum Gasteiger partial charge on any atom is 1.00 e. The van der Waals surface area contributed by atoms with Gasteiger partial charge in [0.25, 0.3) is 0 Å². The van der Waals surface area contributed by atoms with Crippen molar-refractivity contribution in [3.8, 4) is 0 Å². The Hall–Kier alpha value is 2.48. The molecule has 0 aromatic rings. The maximum absolute atomic E-state index is 3.00. The van der Waals surface area contributed by atoms with Crippen LogP contribution in [0.4, 0.5) is 0 Å². The number of hydrogen-bond acceptors (Lipinski definition) is 0. The van der Waals surface area contributed by atoms with Crippen LogP contribution in [0.15, 0.2) is 13.2 Å². The second kappa shape index (κ2) is 31.6. The van der Waals surface area contributed by atoms with E-state index in [0.717, 1.165) is 0 Å². The van der Waals surface area contributed by atoms with Crippen LogP contribution in [-0.2, 0) is 32.7 Å². The van der Waals surface area contributed by atoms with Crippen molar-refractivity contribution >= 4 is 0 Å². The van der Waals surface area contributed by atoms with Gasteiger partial charge < -0.3 is 8.85 Å². The third kappa shape index (κ3) is 21.1. The predicted octanol–water partition coefficient (Wildman–Crippen LogP) is -1.63. The van der Waals surface area contributed by atoms with Gasteiger partial charge in [-0.2, -0.15) is 0 Å². The minimum atomic E-state index is 0. The van der Waals surface area contributed by atoms with Gasteiger partial charge in [-0.1, -0.05) is 0 Å². The van der Waals surface area contributed by atoms with E-state index in [1.807, 2.05) is 0 Å². The molecule has 0 heterocycles. The molecular weight excluding hydrogens is 164 g/mol. The van der Waals surface area contributed by atoms with Crippen LogP contribution < -0.4 is 51.4 Å². The van der Waals surface area contributed by atoms with E-state index in [1.165, 1.54) is 0 Å². The molecule has 0 aliphatic carbocycles. The molecule has 2 heteroatoms. The van der Waals surface area contributed by atoms with Gasteiger partial charge in [0.15, 0.2) is 0 Å². The summed E-state index contributed by atoms with van der Waals surface area (Å²) in [6, 6.07) is 0. The quantitative estimate of drug-likeness (QED) is 0.234. The summed E-state index contributed by atoms with van der Waals surface area (Å²) in [5, 5.41) is 0. The molecule has 0 aliphatic rings. The third-order valence-electron chi connectivity index (χ3n) is 0. The van der Waals surface area contributed by atoms with Crippen LogP contribution in [0, 0.1) is 7.43 Å². The monoisotopic (exact) mass is 172 g/mol. The second-order valence-electron chi connectivity index (χ2n) is 0. The Morgan fingerprint density at radius 2 is 1.20 bits per heavy atom. The van der Waals surface area contributed by atoms with E-state index in [1.54, 1.807) is 0 Å². The molecule has 0 unspecified atom stereocenters. The van der Waals surface area contributed by atoms with Crippen LogP contribution >= 0.6 is 0 Å². The SMILES string of the molecule is C=C.[CH3-].[H-].[K+].[Y]. The fraction of sp³-hybridized carbons (Fsp3) is 0. The summed E-state index contributed by atoms with van der Waals surface area (Å²) >= 11 is 0. The van der Waals surface area contributed by atoms with Gasteiger partial charge in [0.1, 0.15) is 0 Å². The first-order valence-corrected chi connectivity index (χ1v) is 0.500. The van der Waals surface area contributed by atoms with E-state index in [9.17, 15) is 0 Å². The predicted molar refractivity (Wildman–Crippen MR) is 18.8 cm³/mol. The fourth-order valence-corrected chi connectivity index (χ4v) is 0. The molecule has 0 fully saturated rings. The van der Waals surface area contributed by atoms with Crippen molar-refractivity contribution < 1.29 is 85.5 Å². The van der Waals surface area contributed by atoms with Crippen molar-refractivity contribution in [1.82, 2.24) is 0 Å². The molecule has 0 nitrogen and oxygen atoms in total. The Morgan fingerprint density at radius 3 is 1.20 bits per heavy atom. The average Bonchev–Trinajstić information content (AvgIpc) is 1.00. The molecule has 0 N–H and O–H groups in total. The van der Waals surface area contributed by atoms with Crippen LogP contribution in [-0.4, -0.2) is 0 Å². The molecule has 0 aromatic carbocycles. The molecule has 0 saturated heterocycles. The number of hydrogen-bond donors (Lipinski definition) is 0. The zero-order valence-electron chi connectivity index (χ0n) is 4.99. The van der Waals surface area contributed by atoms with Crippen molar-refractivity contribution in [3.63, 3.8) is 0 Å². The van der Waals surface area contributed by atoms with Crippen molar-refractivity contribution in [2.45, 2.75) is 0 Å². The van der Waals surface area contributed by atoms with E-state index in [4.69, 9.17) is 0 Å². The molecule has 0 atom stereocenters. The van der Waals surface area contributed by atoms with Gasteiger partial charge in [-0.25, -0.2) is 0 Å². The van der Waals surface area contributed by atoms with E-state index in [2.05, 4.69) is 13.2 Å². The molecule has 0 rings (SSSR count). The van der Waals surface area contributed by atoms with E-state index in [-0.39, 0.29) is 92.9 Å². The van der Waals surface area contributed by atoms with E-state index < -0.39 is 0 Å². The topological polar surface area (TPSA) is 0 Å². The van der Waals surface area contributed by atoms with Crippen molar-refractivity contribution in [3.05, 3.63) is 20.6 Å².